The number of anilines is 1. The average Bonchev–Trinajstić information content (AvgIpc) is 3.17. The zero-order valence-electron chi connectivity index (χ0n) is 16.4. The molecule has 0 spiro atoms. The van der Waals surface area contributed by atoms with E-state index in [2.05, 4.69) is 27.4 Å². The summed E-state index contributed by atoms with van der Waals surface area (Å²) < 4.78 is 16.9. The minimum Gasteiger partial charge on any atom is -0.454 e. The van der Waals surface area contributed by atoms with Crippen LogP contribution in [0.3, 0.4) is 0 Å². The Balaban J connectivity index is 1.63. The van der Waals surface area contributed by atoms with Crippen molar-refractivity contribution in [3.63, 3.8) is 0 Å². The quantitative estimate of drug-likeness (QED) is 0.352. The van der Waals surface area contributed by atoms with Crippen LogP contribution in [-0.2, 0) is 0 Å². The van der Waals surface area contributed by atoms with Crippen molar-refractivity contribution in [2.45, 2.75) is 24.7 Å². The summed E-state index contributed by atoms with van der Waals surface area (Å²) in [6, 6.07) is 10.4. The van der Waals surface area contributed by atoms with Crippen molar-refractivity contribution >= 4 is 23.1 Å². The normalized spacial score (nSPS) is 15.8. The predicted octanol–water partition coefficient (Wildman–Crippen LogP) is 4.18. The molecule has 5 rings (SSSR count). The molecule has 158 valence electrons. The third-order valence-corrected chi connectivity index (χ3v) is 5.81. The van der Waals surface area contributed by atoms with Gasteiger partial charge in [0.15, 0.2) is 17.2 Å². The second-order valence-electron chi connectivity index (χ2n) is 6.81. The Bertz CT molecular complexity index is 1170. The standard InChI is InChI=1S/C20H17N5O5S/c1-2-7-31-20-22-19-17(23-24-20)11-5-3-4-6-13(11)21-18(30-19)12-8-15-16(29-10-28-15)9-14(12)25(26)27/h3-6,8-9,18,21H,2,7,10H2,1H3/t18-/m1/s1. The van der Waals surface area contributed by atoms with Crippen LogP contribution < -0.4 is 19.5 Å². The van der Waals surface area contributed by atoms with Gasteiger partial charge in [-0.25, -0.2) is 0 Å². The van der Waals surface area contributed by atoms with Gasteiger partial charge in [0, 0.05) is 17.0 Å². The summed E-state index contributed by atoms with van der Waals surface area (Å²) in [6.07, 6.45) is 0.0561. The van der Waals surface area contributed by atoms with Crippen LogP contribution >= 0.6 is 11.8 Å². The molecule has 11 heteroatoms. The molecule has 1 N–H and O–H groups in total. The highest BCUT2D eigenvalue weighted by Crippen LogP contribution is 2.44. The highest BCUT2D eigenvalue weighted by Gasteiger charge is 2.33. The summed E-state index contributed by atoms with van der Waals surface area (Å²) in [5.41, 5.74) is 2.05. The van der Waals surface area contributed by atoms with Crippen molar-refractivity contribution in [1.29, 1.82) is 0 Å². The number of nitro groups is 1. The minimum absolute atomic E-state index is 0.00964. The fourth-order valence-corrected chi connectivity index (χ4v) is 3.99. The summed E-state index contributed by atoms with van der Waals surface area (Å²) >= 11 is 1.47. The molecule has 0 radical (unpaired) electrons. The van der Waals surface area contributed by atoms with E-state index in [1.165, 1.54) is 17.8 Å². The minimum atomic E-state index is -0.905. The first-order valence-electron chi connectivity index (χ1n) is 9.62. The molecule has 2 aromatic carbocycles. The lowest BCUT2D eigenvalue weighted by Gasteiger charge is -2.19. The van der Waals surface area contributed by atoms with Gasteiger partial charge in [-0.15, -0.1) is 10.2 Å². The number of aromatic nitrogens is 3. The zero-order chi connectivity index (χ0) is 21.4. The van der Waals surface area contributed by atoms with Crippen molar-refractivity contribution < 1.29 is 19.1 Å². The van der Waals surface area contributed by atoms with Gasteiger partial charge in [-0.3, -0.25) is 10.1 Å². The molecule has 0 saturated heterocycles. The number of nitrogens with one attached hydrogen (secondary N) is 1. The summed E-state index contributed by atoms with van der Waals surface area (Å²) in [7, 11) is 0. The maximum Gasteiger partial charge on any atom is 0.282 e. The number of rotatable bonds is 5. The molecule has 31 heavy (non-hydrogen) atoms. The highest BCUT2D eigenvalue weighted by molar-refractivity contribution is 7.99. The number of hydrogen-bond donors (Lipinski definition) is 1. The molecule has 0 bridgehead atoms. The van der Waals surface area contributed by atoms with E-state index in [-0.39, 0.29) is 18.4 Å². The van der Waals surface area contributed by atoms with E-state index in [0.29, 0.717) is 33.6 Å². The van der Waals surface area contributed by atoms with E-state index in [4.69, 9.17) is 14.2 Å². The van der Waals surface area contributed by atoms with Gasteiger partial charge in [0.1, 0.15) is 0 Å². The number of fused-ring (bicyclic) bond motifs is 4. The Morgan fingerprint density at radius 3 is 2.84 bits per heavy atom. The van der Waals surface area contributed by atoms with Gasteiger partial charge in [0.2, 0.25) is 24.1 Å². The molecular formula is C20H17N5O5S. The second-order valence-corrected chi connectivity index (χ2v) is 7.87. The lowest BCUT2D eigenvalue weighted by molar-refractivity contribution is -0.386. The number of nitrogens with zero attached hydrogens (tertiary/aromatic N) is 4. The fraction of sp³-hybridized carbons (Fsp3) is 0.250. The highest BCUT2D eigenvalue weighted by atomic mass is 32.2. The van der Waals surface area contributed by atoms with Crippen LogP contribution in [0.25, 0.3) is 11.3 Å². The number of ether oxygens (including phenoxy) is 3. The third-order valence-electron chi connectivity index (χ3n) is 4.77. The molecular weight excluding hydrogens is 422 g/mol. The van der Waals surface area contributed by atoms with Crippen molar-refractivity contribution in [3.05, 3.63) is 52.1 Å². The fourth-order valence-electron chi connectivity index (χ4n) is 3.36. The van der Waals surface area contributed by atoms with Gasteiger partial charge in [-0.1, -0.05) is 36.9 Å². The smallest absolute Gasteiger partial charge is 0.282 e. The van der Waals surface area contributed by atoms with Gasteiger partial charge in [-0.2, -0.15) is 4.98 Å². The molecule has 2 aliphatic rings. The van der Waals surface area contributed by atoms with Crippen LogP contribution in [0.15, 0.2) is 41.6 Å². The largest absolute Gasteiger partial charge is 0.454 e. The van der Waals surface area contributed by atoms with Crippen LogP contribution in [0.1, 0.15) is 25.1 Å². The van der Waals surface area contributed by atoms with E-state index in [1.807, 2.05) is 24.3 Å². The number of para-hydroxylation sites is 1. The Kier molecular flexibility index (Phi) is 4.94. The Morgan fingerprint density at radius 2 is 2.03 bits per heavy atom. The lowest BCUT2D eigenvalue weighted by Crippen LogP contribution is -2.18. The molecule has 1 aromatic heterocycles. The van der Waals surface area contributed by atoms with Gasteiger partial charge in [0.25, 0.3) is 5.69 Å². The first kappa shape index (κ1) is 19.4. The first-order chi connectivity index (χ1) is 15.1. The second kappa shape index (κ2) is 7.91. The van der Waals surface area contributed by atoms with Crippen molar-refractivity contribution in [2.75, 3.05) is 17.9 Å². The summed E-state index contributed by atoms with van der Waals surface area (Å²) in [5, 5.41) is 24.1. The van der Waals surface area contributed by atoms with Gasteiger partial charge in [-0.05, 0) is 18.6 Å². The van der Waals surface area contributed by atoms with E-state index >= 15 is 0 Å². The van der Waals surface area contributed by atoms with E-state index in [0.717, 1.165) is 17.7 Å². The Morgan fingerprint density at radius 1 is 1.23 bits per heavy atom. The summed E-state index contributed by atoms with van der Waals surface area (Å²) in [6.45, 7) is 2.07. The van der Waals surface area contributed by atoms with Crippen molar-refractivity contribution in [3.8, 4) is 28.6 Å². The Labute approximate surface area is 181 Å². The molecule has 2 aliphatic heterocycles. The molecule has 0 amide bonds. The predicted molar refractivity (Wildman–Crippen MR) is 112 cm³/mol. The van der Waals surface area contributed by atoms with Crippen molar-refractivity contribution in [2.24, 2.45) is 0 Å². The van der Waals surface area contributed by atoms with Crippen LogP contribution in [-0.4, -0.2) is 32.7 Å². The van der Waals surface area contributed by atoms with Crippen molar-refractivity contribution in [1.82, 2.24) is 15.2 Å². The SMILES string of the molecule is CCCSc1nnc2c(n1)O[C@H](c1cc3c(cc1[N+](=O)[O-])OCO3)Nc1ccccc1-2. The molecule has 0 unspecified atom stereocenters. The topological polar surface area (TPSA) is 122 Å². The van der Waals surface area contributed by atoms with E-state index in [9.17, 15) is 10.1 Å². The molecule has 3 aromatic rings. The first-order valence-corrected chi connectivity index (χ1v) is 10.6. The summed E-state index contributed by atoms with van der Waals surface area (Å²) in [5.74, 6) is 1.84. The molecule has 0 fully saturated rings. The molecule has 0 saturated carbocycles. The zero-order valence-corrected chi connectivity index (χ0v) is 17.2. The van der Waals surface area contributed by atoms with E-state index in [1.54, 1.807) is 6.07 Å². The van der Waals surface area contributed by atoms with Crippen LogP contribution in [0.4, 0.5) is 11.4 Å². The maximum atomic E-state index is 11.8. The van der Waals surface area contributed by atoms with Crippen LogP contribution in [0, 0.1) is 10.1 Å². The Hall–Kier alpha value is -3.60. The van der Waals surface area contributed by atoms with Crippen LogP contribution in [0.5, 0.6) is 17.4 Å². The van der Waals surface area contributed by atoms with Gasteiger partial charge < -0.3 is 19.5 Å². The lowest BCUT2D eigenvalue weighted by atomic mass is 10.1. The maximum absolute atomic E-state index is 11.8. The monoisotopic (exact) mass is 439 g/mol. The average molecular weight is 439 g/mol. The van der Waals surface area contributed by atoms with Gasteiger partial charge in [0.05, 0.1) is 16.6 Å². The number of nitro benzene ring substituents is 1. The number of benzene rings is 2. The third kappa shape index (κ3) is 3.56. The molecule has 0 aliphatic carbocycles. The number of thioether (sulfide) groups is 1. The molecule has 3 heterocycles. The summed E-state index contributed by atoms with van der Waals surface area (Å²) in [4.78, 5) is 15.9. The molecule has 1 atom stereocenters. The van der Waals surface area contributed by atoms with Gasteiger partial charge >= 0.3 is 0 Å². The van der Waals surface area contributed by atoms with E-state index < -0.39 is 11.2 Å². The number of hydrogen-bond acceptors (Lipinski definition) is 10. The van der Waals surface area contributed by atoms with Crippen LogP contribution in [0.2, 0.25) is 0 Å². The molecule has 10 nitrogen and oxygen atoms in total.